The lowest BCUT2D eigenvalue weighted by Crippen LogP contribution is -2.32. The minimum Gasteiger partial charge on any atom is -0.427 e. The third-order valence-corrected chi connectivity index (χ3v) is 5.27. The zero-order chi connectivity index (χ0) is 23.2. The summed E-state index contributed by atoms with van der Waals surface area (Å²) in [6, 6.07) is 28.5. The van der Waals surface area contributed by atoms with Crippen LogP contribution in [0, 0.1) is 6.92 Å². The molecule has 1 fully saturated rings. The van der Waals surface area contributed by atoms with Crippen LogP contribution in [0.5, 0.6) is 0 Å². The van der Waals surface area contributed by atoms with E-state index in [0.717, 1.165) is 16.0 Å². The minimum absolute atomic E-state index is 0.213. The predicted octanol–water partition coefficient (Wildman–Crippen LogP) is 5.25. The van der Waals surface area contributed by atoms with E-state index in [9.17, 15) is 9.59 Å². The van der Waals surface area contributed by atoms with Crippen LogP contribution in [0.15, 0.2) is 91.0 Å². The van der Waals surface area contributed by atoms with Crippen LogP contribution >= 0.6 is 0 Å². The Kier molecular flexibility index (Phi) is 6.59. The molecule has 1 aliphatic rings. The number of imide groups is 1. The largest absolute Gasteiger partial charge is 0.427 e. The van der Waals surface area contributed by atoms with Crippen molar-refractivity contribution in [3.05, 3.63) is 108 Å². The van der Waals surface area contributed by atoms with Gasteiger partial charge in [-0.3, -0.25) is 9.89 Å². The van der Waals surface area contributed by atoms with E-state index in [1.807, 2.05) is 78.9 Å². The average molecular weight is 441 g/mol. The molecule has 1 saturated heterocycles. The molecule has 2 heterocycles. The second-order valence-electron chi connectivity index (χ2n) is 7.62. The first-order valence-electron chi connectivity index (χ1n) is 10.6. The highest BCUT2D eigenvalue weighted by Gasteiger charge is 2.46. The van der Waals surface area contributed by atoms with Crippen molar-refractivity contribution in [1.82, 2.24) is 20.1 Å². The highest BCUT2D eigenvalue weighted by atomic mass is 16.6. The van der Waals surface area contributed by atoms with Crippen LogP contribution < -0.4 is 0 Å². The number of hydrogen-bond acceptors (Lipinski definition) is 5. The van der Waals surface area contributed by atoms with Crippen molar-refractivity contribution in [3.63, 3.8) is 0 Å². The quantitative estimate of drug-likeness (QED) is 0.468. The Balaban J connectivity index is 0.000000318. The molecule has 1 aliphatic heterocycles. The van der Waals surface area contributed by atoms with Crippen molar-refractivity contribution in [2.24, 2.45) is 0 Å². The standard InChI is InChI=1S/C19H16N4O3.C7H8/c1-12(13-8-4-2-5-9-13)23-18(24)15(26-19(23)25)17-20-16(21-22-17)14-10-6-3-7-11-14;1-7-5-3-2-4-6-7/h2-12,15H,1H3,(H,20,21,22);2-6H,1H3. The summed E-state index contributed by atoms with van der Waals surface area (Å²) in [5.41, 5.74) is 2.98. The Bertz CT molecular complexity index is 1210. The molecule has 0 radical (unpaired) electrons. The summed E-state index contributed by atoms with van der Waals surface area (Å²) in [6.07, 6.45) is -1.80. The van der Waals surface area contributed by atoms with Crippen molar-refractivity contribution in [1.29, 1.82) is 0 Å². The van der Waals surface area contributed by atoms with Gasteiger partial charge in [0.25, 0.3) is 5.91 Å². The van der Waals surface area contributed by atoms with Crippen molar-refractivity contribution in [3.8, 4) is 11.4 Å². The van der Waals surface area contributed by atoms with Crippen LogP contribution in [0.4, 0.5) is 4.79 Å². The summed E-state index contributed by atoms with van der Waals surface area (Å²) < 4.78 is 5.27. The van der Waals surface area contributed by atoms with Gasteiger partial charge in [0, 0.05) is 5.56 Å². The second kappa shape index (κ2) is 9.91. The molecule has 5 rings (SSSR count). The van der Waals surface area contributed by atoms with Gasteiger partial charge in [0.1, 0.15) is 0 Å². The fraction of sp³-hybridized carbons (Fsp3) is 0.154. The molecule has 2 unspecified atom stereocenters. The van der Waals surface area contributed by atoms with Crippen molar-refractivity contribution < 1.29 is 14.3 Å². The summed E-state index contributed by atoms with van der Waals surface area (Å²) >= 11 is 0. The summed E-state index contributed by atoms with van der Waals surface area (Å²) in [4.78, 5) is 30.5. The lowest BCUT2D eigenvalue weighted by molar-refractivity contribution is -0.131. The highest BCUT2D eigenvalue weighted by Crippen LogP contribution is 2.33. The van der Waals surface area contributed by atoms with Crippen molar-refractivity contribution in [2.45, 2.75) is 26.0 Å². The van der Waals surface area contributed by atoms with Crippen LogP contribution in [0.2, 0.25) is 0 Å². The molecule has 0 saturated carbocycles. The summed E-state index contributed by atoms with van der Waals surface area (Å²) in [5, 5.41) is 6.83. The number of aromatic amines is 1. The minimum atomic E-state index is -1.11. The van der Waals surface area contributed by atoms with Gasteiger partial charge in [-0.2, -0.15) is 5.10 Å². The fourth-order valence-corrected chi connectivity index (χ4v) is 3.47. The molecular formula is C26H24N4O3. The van der Waals surface area contributed by atoms with Gasteiger partial charge in [0.2, 0.25) is 6.10 Å². The maximum atomic E-state index is 12.8. The van der Waals surface area contributed by atoms with Crippen LogP contribution in [0.25, 0.3) is 11.4 Å². The Hall–Kier alpha value is -4.26. The summed E-state index contributed by atoms with van der Waals surface area (Å²) in [5.74, 6) is 0.200. The molecule has 166 valence electrons. The van der Waals surface area contributed by atoms with Crippen LogP contribution in [-0.2, 0) is 9.53 Å². The second-order valence-corrected chi connectivity index (χ2v) is 7.62. The molecule has 0 aliphatic carbocycles. The zero-order valence-electron chi connectivity index (χ0n) is 18.4. The van der Waals surface area contributed by atoms with Gasteiger partial charge in [0.15, 0.2) is 11.6 Å². The first-order valence-corrected chi connectivity index (χ1v) is 10.6. The number of aromatic nitrogens is 3. The number of carbonyl (C=O) groups is 2. The van der Waals surface area contributed by atoms with Gasteiger partial charge in [-0.05, 0) is 19.4 Å². The molecule has 1 N–H and O–H groups in total. The summed E-state index contributed by atoms with van der Waals surface area (Å²) in [6.45, 7) is 3.87. The third kappa shape index (κ3) is 4.98. The van der Waals surface area contributed by atoms with E-state index < -0.39 is 24.1 Å². The maximum absolute atomic E-state index is 12.8. The van der Waals surface area contributed by atoms with Crippen LogP contribution in [0.3, 0.4) is 0 Å². The van der Waals surface area contributed by atoms with E-state index in [-0.39, 0.29) is 5.82 Å². The topological polar surface area (TPSA) is 88.2 Å². The Morgan fingerprint density at radius 3 is 2.03 bits per heavy atom. The number of H-pyrrole nitrogens is 1. The van der Waals surface area contributed by atoms with E-state index in [1.54, 1.807) is 6.92 Å². The molecule has 0 bridgehead atoms. The molecule has 2 atom stereocenters. The van der Waals surface area contributed by atoms with E-state index >= 15 is 0 Å². The molecule has 4 aromatic rings. The van der Waals surface area contributed by atoms with E-state index in [1.165, 1.54) is 5.56 Å². The number of benzene rings is 3. The van der Waals surface area contributed by atoms with Gasteiger partial charge in [0.05, 0.1) is 6.04 Å². The molecule has 7 nitrogen and oxygen atoms in total. The molecule has 3 aromatic carbocycles. The number of carbonyl (C=O) groups excluding carboxylic acids is 2. The third-order valence-electron chi connectivity index (χ3n) is 5.27. The number of hydrogen-bond donors (Lipinski definition) is 1. The number of ether oxygens (including phenoxy) is 1. The van der Waals surface area contributed by atoms with E-state index in [2.05, 4.69) is 34.2 Å². The number of nitrogens with zero attached hydrogens (tertiary/aromatic N) is 3. The Morgan fingerprint density at radius 1 is 0.879 bits per heavy atom. The van der Waals surface area contributed by atoms with Gasteiger partial charge in [-0.25, -0.2) is 14.7 Å². The predicted molar refractivity (Wildman–Crippen MR) is 124 cm³/mol. The van der Waals surface area contributed by atoms with Gasteiger partial charge < -0.3 is 4.74 Å². The lowest BCUT2D eigenvalue weighted by Gasteiger charge is -2.20. The number of aryl methyl sites for hydroxylation is 1. The van der Waals surface area contributed by atoms with Crippen molar-refractivity contribution >= 4 is 12.0 Å². The fourth-order valence-electron chi connectivity index (χ4n) is 3.47. The highest BCUT2D eigenvalue weighted by molar-refractivity contribution is 6.00. The average Bonchev–Trinajstić information content (AvgIpc) is 3.45. The SMILES string of the molecule is CC(c1ccccc1)N1C(=O)OC(c2nc(-c3ccccc3)n[nH]2)C1=O.Cc1ccccc1. The molecule has 0 spiro atoms. The van der Waals surface area contributed by atoms with Crippen LogP contribution in [0.1, 0.15) is 36.0 Å². The molecule has 33 heavy (non-hydrogen) atoms. The molecule has 1 aromatic heterocycles. The molecule has 7 heteroatoms. The lowest BCUT2D eigenvalue weighted by atomic mass is 10.1. The zero-order valence-corrected chi connectivity index (χ0v) is 18.4. The normalized spacial score (nSPS) is 16.1. The summed E-state index contributed by atoms with van der Waals surface area (Å²) in [7, 11) is 0. The van der Waals surface area contributed by atoms with E-state index in [4.69, 9.17) is 4.74 Å². The van der Waals surface area contributed by atoms with Gasteiger partial charge >= 0.3 is 6.09 Å². The number of nitrogens with one attached hydrogen (secondary N) is 1. The van der Waals surface area contributed by atoms with Gasteiger partial charge in [-0.1, -0.05) is 96.6 Å². The number of cyclic esters (lactones) is 1. The molecular weight excluding hydrogens is 416 g/mol. The van der Waals surface area contributed by atoms with Crippen LogP contribution in [-0.4, -0.2) is 32.1 Å². The first kappa shape index (κ1) is 22.0. The maximum Gasteiger partial charge on any atom is 0.418 e. The number of rotatable bonds is 4. The Labute approximate surface area is 192 Å². The smallest absolute Gasteiger partial charge is 0.418 e. The van der Waals surface area contributed by atoms with Crippen molar-refractivity contribution in [2.75, 3.05) is 0 Å². The van der Waals surface area contributed by atoms with Gasteiger partial charge in [-0.15, -0.1) is 0 Å². The molecule has 2 amide bonds. The Morgan fingerprint density at radius 2 is 1.45 bits per heavy atom. The first-order chi connectivity index (χ1) is 16.0. The monoisotopic (exact) mass is 440 g/mol. The van der Waals surface area contributed by atoms with E-state index in [0.29, 0.717) is 5.82 Å². The number of amides is 2.